The summed E-state index contributed by atoms with van der Waals surface area (Å²) in [5.74, 6) is 0. The van der Waals surface area contributed by atoms with E-state index in [1.54, 1.807) is 0 Å². The van der Waals surface area contributed by atoms with Crippen molar-refractivity contribution >= 4 is 21.8 Å². The fourth-order valence-corrected chi connectivity index (χ4v) is 7.94. The molecular formula is C54H35N3. The average Bonchev–Trinajstić information content (AvgIpc) is 3.63. The number of nitriles is 1. The van der Waals surface area contributed by atoms with E-state index in [9.17, 15) is 5.26 Å². The predicted molar refractivity (Wildman–Crippen MR) is 236 cm³/mol. The quantitative estimate of drug-likeness (QED) is 0.164. The van der Waals surface area contributed by atoms with E-state index in [0.717, 1.165) is 72.6 Å². The smallest absolute Gasteiger partial charge is 0.0991 e. The molecule has 57 heavy (non-hydrogen) atoms. The number of rotatable bonds is 7. The van der Waals surface area contributed by atoms with Crippen LogP contribution >= 0.6 is 0 Å². The first-order valence-corrected chi connectivity index (χ1v) is 19.2. The largest absolute Gasteiger partial charge is 0.309 e. The van der Waals surface area contributed by atoms with Crippen molar-refractivity contribution in [3.05, 3.63) is 218 Å². The molecule has 2 heterocycles. The number of pyridine rings is 1. The van der Waals surface area contributed by atoms with Crippen molar-refractivity contribution in [2.24, 2.45) is 0 Å². The molecule has 0 aliphatic heterocycles. The minimum atomic E-state index is 0.633. The first-order chi connectivity index (χ1) is 28.2. The van der Waals surface area contributed by atoms with Gasteiger partial charge in [0.2, 0.25) is 0 Å². The molecule has 0 atom stereocenters. The number of nitrogens with zero attached hydrogens (tertiary/aromatic N) is 3. The van der Waals surface area contributed by atoms with Crippen molar-refractivity contribution in [3.8, 4) is 78.8 Å². The summed E-state index contributed by atoms with van der Waals surface area (Å²) in [5.41, 5.74) is 16.8. The Morgan fingerprint density at radius 2 is 0.719 bits per heavy atom. The summed E-state index contributed by atoms with van der Waals surface area (Å²) in [4.78, 5) is 5.19. The van der Waals surface area contributed by atoms with Crippen molar-refractivity contribution in [1.29, 1.82) is 5.26 Å². The molecular weight excluding hydrogens is 691 g/mol. The van der Waals surface area contributed by atoms with Crippen LogP contribution in [0.1, 0.15) is 5.56 Å². The Bertz CT molecular complexity index is 2930. The highest BCUT2D eigenvalue weighted by molar-refractivity contribution is 6.11. The summed E-state index contributed by atoms with van der Waals surface area (Å²) < 4.78 is 2.43. The summed E-state index contributed by atoms with van der Waals surface area (Å²) >= 11 is 0. The SMILES string of the molecule is N#Cc1ccc(-c2cc(-c3cc(-c4ccccc4)nc(-c4ccccc4)c3)cc(-n3c4cc(-c5ccccc5)ccc4c4ccc(-c5ccccc5)cc43)c2)cc1. The van der Waals surface area contributed by atoms with Crippen LogP contribution in [0.15, 0.2) is 212 Å². The number of hydrogen-bond acceptors (Lipinski definition) is 2. The maximum absolute atomic E-state index is 9.65. The van der Waals surface area contributed by atoms with E-state index in [0.29, 0.717) is 5.56 Å². The van der Waals surface area contributed by atoms with Crippen molar-refractivity contribution in [3.63, 3.8) is 0 Å². The second kappa shape index (κ2) is 14.5. The maximum Gasteiger partial charge on any atom is 0.0991 e. The number of fused-ring (bicyclic) bond motifs is 3. The van der Waals surface area contributed by atoms with Gasteiger partial charge in [-0.05, 0) is 99.1 Å². The molecule has 0 aliphatic rings. The van der Waals surface area contributed by atoms with Gasteiger partial charge in [0, 0.05) is 27.6 Å². The van der Waals surface area contributed by atoms with E-state index >= 15 is 0 Å². The summed E-state index contributed by atoms with van der Waals surface area (Å²) in [6, 6.07) is 77.1. The molecule has 0 radical (unpaired) electrons. The summed E-state index contributed by atoms with van der Waals surface area (Å²) in [6.07, 6.45) is 0. The van der Waals surface area contributed by atoms with E-state index in [2.05, 4.69) is 187 Å². The zero-order chi connectivity index (χ0) is 38.1. The first-order valence-electron chi connectivity index (χ1n) is 19.2. The molecule has 3 heteroatoms. The van der Waals surface area contributed by atoms with Crippen LogP contribution in [0.25, 0.3) is 94.5 Å². The van der Waals surface area contributed by atoms with E-state index in [1.165, 1.54) is 21.9 Å². The molecule has 8 aromatic carbocycles. The van der Waals surface area contributed by atoms with Crippen LogP contribution < -0.4 is 0 Å². The fourth-order valence-electron chi connectivity index (χ4n) is 7.94. The van der Waals surface area contributed by atoms with Gasteiger partial charge in [-0.25, -0.2) is 4.98 Å². The van der Waals surface area contributed by atoms with Crippen molar-refractivity contribution in [1.82, 2.24) is 9.55 Å². The summed E-state index contributed by atoms with van der Waals surface area (Å²) in [7, 11) is 0. The first kappa shape index (κ1) is 33.7. The van der Waals surface area contributed by atoms with Crippen LogP contribution in [-0.2, 0) is 0 Å². The highest BCUT2D eigenvalue weighted by Gasteiger charge is 2.18. The van der Waals surface area contributed by atoms with Gasteiger partial charge < -0.3 is 4.57 Å². The van der Waals surface area contributed by atoms with Crippen molar-refractivity contribution < 1.29 is 0 Å². The molecule has 3 nitrogen and oxygen atoms in total. The van der Waals surface area contributed by atoms with Crippen LogP contribution in [0.2, 0.25) is 0 Å². The second-order valence-corrected chi connectivity index (χ2v) is 14.3. The topological polar surface area (TPSA) is 41.6 Å². The lowest BCUT2D eigenvalue weighted by Gasteiger charge is -2.16. The third-order valence-electron chi connectivity index (χ3n) is 10.8. The van der Waals surface area contributed by atoms with Gasteiger partial charge >= 0.3 is 0 Å². The lowest BCUT2D eigenvalue weighted by molar-refractivity contribution is 1.18. The average molecular weight is 726 g/mol. The van der Waals surface area contributed by atoms with Crippen LogP contribution in [0.5, 0.6) is 0 Å². The van der Waals surface area contributed by atoms with Crippen LogP contribution in [-0.4, -0.2) is 9.55 Å². The van der Waals surface area contributed by atoms with Gasteiger partial charge in [-0.3, -0.25) is 0 Å². The molecule has 0 fully saturated rings. The molecule has 0 N–H and O–H groups in total. The van der Waals surface area contributed by atoms with Crippen LogP contribution in [0, 0.1) is 11.3 Å². The maximum atomic E-state index is 9.65. The number of aromatic nitrogens is 2. The molecule has 266 valence electrons. The highest BCUT2D eigenvalue weighted by Crippen LogP contribution is 2.40. The van der Waals surface area contributed by atoms with E-state index in [-0.39, 0.29) is 0 Å². The molecule has 0 amide bonds. The van der Waals surface area contributed by atoms with Gasteiger partial charge in [-0.15, -0.1) is 0 Å². The Morgan fingerprint density at radius 1 is 0.333 bits per heavy atom. The second-order valence-electron chi connectivity index (χ2n) is 14.3. The molecule has 0 bridgehead atoms. The molecule has 0 saturated heterocycles. The van der Waals surface area contributed by atoms with Gasteiger partial charge in [0.25, 0.3) is 0 Å². The van der Waals surface area contributed by atoms with Gasteiger partial charge in [-0.2, -0.15) is 5.26 Å². The van der Waals surface area contributed by atoms with Gasteiger partial charge in [0.1, 0.15) is 0 Å². The van der Waals surface area contributed by atoms with E-state index in [4.69, 9.17) is 4.98 Å². The minimum absolute atomic E-state index is 0.633. The third kappa shape index (κ3) is 6.46. The Hall–Kier alpha value is -7.80. The number of benzene rings is 8. The van der Waals surface area contributed by atoms with Gasteiger partial charge in [0.15, 0.2) is 0 Å². The minimum Gasteiger partial charge on any atom is -0.309 e. The number of hydrogen-bond donors (Lipinski definition) is 0. The monoisotopic (exact) mass is 725 g/mol. The molecule has 10 rings (SSSR count). The zero-order valence-electron chi connectivity index (χ0n) is 31.0. The van der Waals surface area contributed by atoms with Crippen molar-refractivity contribution in [2.75, 3.05) is 0 Å². The Labute approximate surface area is 332 Å². The Kier molecular flexibility index (Phi) is 8.56. The Balaban J connectivity index is 1.27. The van der Waals surface area contributed by atoms with Gasteiger partial charge in [0.05, 0.1) is 34.1 Å². The summed E-state index contributed by atoms with van der Waals surface area (Å²) in [5, 5.41) is 12.0. The highest BCUT2D eigenvalue weighted by atomic mass is 15.0. The van der Waals surface area contributed by atoms with Crippen LogP contribution in [0.3, 0.4) is 0 Å². The van der Waals surface area contributed by atoms with Gasteiger partial charge in [-0.1, -0.05) is 158 Å². The fraction of sp³-hybridized carbons (Fsp3) is 0. The molecule has 2 aromatic heterocycles. The molecule has 0 aliphatic carbocycles. The zero-order valence-corrected chi connectivity index (χ0v) is 31.0. The van der Waals surface area contributed by atoms with Crippen molar-refractivity contribution in [2.45, 2.75) is 0 Å². The standard InChI is InChI=1S/C54H35N3/c55-36-37-21-23-40(24-22-37)45-29-46(47-32-51(41-17-9-3-10-18-41)56-52(33-47)42-19-11-4-12-20-42)31-48(30-45)57-53-34-43(38-13-5-1-6-14-38)25-27-49(53)50-28-26-44(35-54(50)57)39-15-7-2-8-16-39/h1-35H. The van der Waals surface area contributed by atoms with E-state index < -0.39 is 0 Å². The summed E-state index contributed by atoms with van der Waals surface area (Å²) in [6.45, 7) is 0. The molecule has 0 spiro atoms. The molecule has 0 saturated carbocycles. The lowest BCUT2D eigenvalue weighted by Crippen LogP contribution is -1.97. The van der Waals surface area contributed by atoms with Crippen LogP contribution in [0.4, 0.5) is 0 Å². The predicted octanol–water partition coefficient (Wildman–Crippen LogP) is 14.1. The normalized spacial score (nSPS) is 11.1. The Morgan fingerprint density at radius 3 is 1.18 bits per heavy atom. The lowest BCUT2D eigenvalue weighted by atomic mass is 9.95. The molecule has 0 unspecified atom stereocenters. The van der Waals surface area contributed by atoms with E-state index in [1.807, 2.05) is 36.4 Å². The third-order valence-corrected chi connectivity index (χ3v) is 10.8. The molecule has 10 aromatic rings.